The lowest BCUT2D eigenvalue weighted by atomic mass is 10.1. The van der Waals surface area contributed by atoms with Crippen LogP contribution in [0.5, 0.6) is 0 Å². The molecule has 2 heterocycles. The number of anilines is 1. The van der Waals surface area contributed by atoms with Crippen molar-refractivity contribution in [1.29, 1.82) is 0 Å². The van der Waals surface area contributed by atoms with Crippen molar-refractivity contribution < 1.29 is 4.39 Å². The van der Waals surface area contributed by atoms with Gasteiger partial charge in [-0.2, -0.15) is 0 Å². The molecule has 150 valence electrons. The fourth-order valence-electron chi connectivity index (χ4n) is 3.40. The van der Waals surface area contributed by atoms with Gasteiger partial charge in [0.2, 0.25) is 0 Å². The third kappa shape index (κ3) is 4.06. The third-order valence-corrected chi connectivity index (χ3v) is 6.19. The number of pyridine rings is 1. The largest absolute Gasteiger partial charge is 0.369 e. The van der Waals surface area contributed by atoms with E-state index in [9.17, 15) is 9.18 Å². The van der Waals surface area contributed by atoms with Crippen LogP contribution in [0.15, 0.2) is 41.2 Å². The van der Waals surface area contributed by atoms with E-state index in [-0.39, 0.29) is 5.43 Å². The van der Waals surface area contributed by atoms with Crippen molar-refractivity contribution in [3.63, 3.8) is 0 Å². The molecule has 0 spiro atoms. The van der Waals surface area contributed by atoms with Gasteiger partial charge in [-0.05, 0) is 62.3 Å². The summed E-state index contributed by atoms with van der Waals surface area (Å²) in [4.78, 5) is 18.0. The molecule has 2 aromatic heterocycles. The lowest BCUT2D eigenvalue weighted by Crippen LogP contribution is -2.19. The van der Waals surface area contributed by atoms with Crippen molar-refractivity contribution in [2.24, 2.45) is 0 Å². The van der Waals surface area contributed by atoms with Gasteiger partial charge >= 0.3 is 0 Å². The maximum absolute atomic E-state index is 13.8. The van der Waals surface area contributed by atoms with Gasteiger partial charge in [0.05, 0.1) is 15.6 Å². The molecule has 4 rings (SSSR count). The zero-order valence-electron chi connectivity index (χ0n) is 16.0. The van der Waals surface area contributed by atoms with Gasteiger partial charge in [-0.3, -0.25) is 4.79 Å². The number of hydrogen-bond donors (Lipinski definition) is 2. The van der Waals surface area contributed by atoms with Crippen LogP contribution in [-0.2, 0) is 0 Å². The second kappa shape index (κ2) is 8.61. The zero-order valence-corrected chi connectivity index (χ0v) is 17.6. The molecule has 2 N–H and O–H groups in total. The van der Waals surface area contributed by atoms with Gasteiger partial charge < -0.3 is 10.6 Å². The first-order chi connectivity index (χ1) is 14.1. The molecule has 7 heteroatoms. The van der Waals surface area contributed by atoms with Crippen LogP contribution >= 0.6 is 22.9 Å². The number of nitrogens with zero attached hydrogens (tertiary/aromatic N) is 1. The molecule has 0 aliphatic rings. The molecule has 0 saturated heterocycles. The Morgan fingerprint density at radius 1 is 1.10 bits per heavy atom. The van der Waals surface area contributed by atoms with E-state index >= 15 is 0 Å². The Hall–Kier alpha value is -2.28. The molecule has 0 aliphatic carbocycles. The van der Waals surface area contributed by atoms with E-state index in [1.54, 1.807) is 18.2 Å². The minimum absolute atomic E-state index is 0.199. The van der Waals surface area contributed by atoms with Gasteiger partial charge in [0.1, 0.15) is 11.6 Å². The molecule has 29 heavy (non-hydrogen) atoms. The minimum atomic E-state index is -0.421. The molecule has 0 bridgehead atoms. The highest BCUT2D eigenvalue weighted by Crippen LogP contribution is 2.35. The summed E-state index contributed by atoms with van der Waals surface area (Å²) in [5.74, 6) is 0.258. The number of rotatable bonds is 7. The summed E-state index contributed by atoms with van der Waals surface area (Å²) in [6.07, 6.45) is 2.05. The number of fused-ring (bicyclic) bond motifs is 4. The van der Waals surface area contributed by atoms with E-state index in [2.05, 4.69) is 17.6 Å². The molecule has 0 atom stereocenters. The van der Waals surface area contributed by atoms with Crippen LogP contribution in [0.3, 0.4) is 0 Å². The first-order valence-corrected chi connectivity index (χ1v) is 10.9. The van der Waals surface area contributed by atoms with Gasteiger partial charge in [0.25, 0.3) is 0 Å². The van der Waals surface area contributed by atoms with Crippen molar-refractivity contribution in [1.82, 2.24) is 10.3 Å². The van der Waals surface area contributed by atoms with E-state index in [0.29, 0.717) is 32.5 Å². The molecule has 0 amide bonds. The second-order valence-corrected chi connectivity index (χ2v) is 8.42. The Balaban J connectivity index is 1.86. The van der Waals surface area contributed by atoms with Crippen LogP contribution in [0.4, 0.5) is 10.2 Å². The molecule has 2 aromatic carbocycles. The number of halogens is 2. The second-order valence-electron chi connectivity index (χ2n) is 6.93. The van der Waals surface area contributed by atoms with Gasteiger partial charge in [0, 0.05) is 27.0 Å². The van der Waals surface area contributed by atoms with Gasteiger partial charge in [-0.25, -0.2) is 9.37 Å². The molecule has 0 aliphatic heterocycles. The Morgan fingerprint density at radius 3 is 2.79 bits per heavy atom. The molecule has 0 radical (unpaired) electrons. The molecular weight excluding hydrogens is 409 g/mol. The number of aromatic nitrogens is 1. The lowest BCUT2D eigenvalue weighted by Gasteiger charge is -2.12. The van der Waals surface area contributed by atoms with Crippen LogP contribution < -0.4 is 16.1 Å². The lowest BCUT2D eigenvalue weighted by molar-refractivity contribution is 0.630. The highest BCUT2D eigenvalue weighted by atomic mass is 35.5. The van der Waals surface area contributed by atoms with Crippen molar-refractivity contribution in [3.05, 3.63) is 57.5 Å². The molecule has 0 fully saturated rings. The van der Waals surface area contributed by atoms with E-state index in [1.807, 2.05) is 6.07 Å². The molecule has 4 aromatic rings. The van der Waals surface area contributed by atoms with Crippen molar-refractivity contribution in [3.8, 4) is 0 Å². The average molecular weight is 430 g/mol. The first kappa shape index (κ1) is 20.0. The summed E-state index contributed by atoms with van der Waals surface area (Å²) >= 11 is 7.63. The van der Waals surface area contributed by atoms with Crippen LogP contribution in [0.1, 0.15) is 19.8 Å². The third-order valence-electron chi connectivity index (χ3n) is 4.78. The number of nitrogens with one attached hydrogen (secondary N) is 2. The standard InChI is InChI=1S/C22H21ClFN3OS/c1-2-8-25-9-3-10-26-22-21-19(15-11-13(23)4-6-17(15)27-22)20(28)16-12-14(24)5-7-18(16)29-21/h4-7,11-12,25H,2-3,8-10H2,1H3,(H,26,27). The van der Waals surface area contributed by atoms with Crippen LogP contribution in [0, 0.1) is 5.82 Å². The Bertz CT molecular complexity index is 1260. The van der Waals surface area contributed by atoms with E-state index in [0.717, 1.165) is 41.9 Å². The van der Waals surface area contributed by atoms with Crippen molar-refractivity contribution >= 4 is 59.8 Å². The quantitative estimate of drug-likeness (QED) is 0.229. The molecule has 0 unspecified atom stereocenters. The van der Waals surface area contributed by atoms with Gasteiger partial charge in [0.15, 0.2) is 5.43 Å². The minimum Gasteiger partial charge on any atom is -0.369 e. The normalized spacial score (nSPS) is 11.6. The monoisotopic (exact) mass is 429 g/mol. The van der Waals surface area contributed by atoms with E-state index in [4.69, 9.17) is 16.6 Å². The fraction of sp³-hybridized carbons (Fsp3) is 0.273. The Morgan fingerprint density at radius 2 is 1.97 bits per heavy atom. The van der Waals surface area contributed by atoms with Gasteiger partial charge in [-0.15, -0.1) is 11.3 Å². The maximum Gasteiger partial charge on any atom is 0.196 e. The summed E-state index contributed by atoms with van der Waals surface area (Å²) < 4.78 is 15.3. The maximum atomic E-state index is 13.8. The van der Waals surface area contributed by atoms with E-state index in [1.165, 1.54) is 23.5 Å². The summed E-state index contributed by atoms with van der Waals surface area (Å²) in [5, 5.41) is 8.90. The van der Waals surface area contributed by atoms with Crippen LogP contribution in [0.25, 0.3) is 31.1 Å². The predicted molar refractivity (Wildman–Crippen MR) is 122 cm³/mol. The van der Waals surface area contributed by atoms with Crippen LogP contribution in [-0.4, -0.2) is 24.6 Å². The van der Waals surface area contributed by atoms with Gasteiger partial charge in [-0.1, -0.05) is 18.5 Å². The van der Waals surface area contributed by atoms with Crippen LogP contribution in [0.2, 0.25) is 5.02 Å². The summed E-state index contributed by atoms with van der Waals surface area (Å²) in [6, 6.07) is 9.65. The SMILES string of the molecule is CCCNCCCNc1nc2ccc(Cl)cc2c2c(=O)c3cc(F)ccc3sc12. The van der Waals surface area contributed by atoms with Crippen molar-refractivity contribution in [2.45, 2.75) is 19.8 Å². The Labute approximate surface area is 176 Å². The predicted octanol–water partition coefficient (Wildman–Crippen LogP) is 5.56. The average Bonchev–Trinajstić information content (AvgIpc) is 2.71. The molecule has 0 saturated carbocycles. The highest BCUT2D eigenvalue weighted by molar-refractivity contribution is 7.25. The van der Waals surface area contributed by atoms with E-state index < -0.39 is 5.82 Å². The fourth-order valence-corrected chi connectivity index (χ4v) is 4.71. The van der Waals surface area contributed by atoms with Crippen molar-refractivity contribution in [2.75, 3.05) is 25.0 Å². The smallest absolute Gasteiger partial charge is 0.196 e. The zero-order chi connectivity index (χ0) is 20.4. The summed E-state index contributed by atoms with van der Waals surface area (Å²) in [5.41, 5.74) is 0.490. The summed E-state index contributed by atoms with van der Waals surface area (Å²) in [7, 11) is 0. The molecule has 4 nitrogen and oxygen atoms in total. The highest BCUT2D eigenvalue weighted by Gasteiger charge is 2.15. The summed E-state index contributed by atoms with van der Waals surface area (Å²) in [6.45, 7) is 4.80. The number of benzene rings is 2. The first-order valence-electron chi connectivity index (χ1n) is 9.68. The number of hydrogen-bond acceptors (Lipinski definition) is 5. The molecular formula is C22H21ClFN3OS. The Kier molecular flexibility index (Phi) is 5.94. The topological polar surface area (TPSA) is 54.0 Å².